The molecule has 4 aromatic rings. The van der Waals surface area contributed by atoms with Gasteiger partial charge >= 0.3 is 0 Å². The Hall–Kier alpha value is -2.74. The fraction of sp³-hybridized carbons (Fsp3) is 0.414. The zero-order chi connectivity index (χ0) is 24.2. The maximum Gasteiger partial charge on any atom is 0.191 e. The smallest absolute Gasteiger partial charge is 0.191 e. The number of ether oxygens (including phenoxy) is 1. The number of piperidine rings is 1. The third kappa shape index (κ3) is 5.48. The molecule has 2 fully saturated rings. The van der Waals surface area contributed by atoms with Crippen LogP contribution in [0.4, 0.5) is 0 Å². The van der Waals surface area contributed by atoms with Crippen LogP contribution in [0.25, 0.3) is 10.9 Å². The Morgan fingerprint density at radius 1 is 0.889 bits per heavy atom. The average molecular weight is 500 g/mol. The van der Waals surface area contributed by atoms with Crippen molar-refractivity contribution in [3.8, 4) is 0 Å². The Morgan fingerprint density at radius 3 is 2.61 bits per heavy atom. The van der Waals surface area contributed by atoms with Gasteiger partial charge in [0, 0.05) is 36.4 Å². The number of likely N-dealkylation sites (tertiary alicyclic amines) is 1. The Bertz CT molecular complexity index is 1280. The predicted octanol–water partition coefficient (Wildman–Crippen LogP) is 5.53. The number of nitrogens with zero attached hydrogens (tertiary/aromatic N) is 5. The summed E-state index contributed by atoms with van der Waals surface area (Å²) in [4.78, 5) is 7.02. The van der Waals surface area contributed by atoms with Gasteiger partial charge in [-0.3, -0.25) is 9.88 Å². The minimum atomic E-state index is 0.342. The summed E-state index contributed by atoms with van der Waals surface area (Å²) in [5.41, 5.74) is 3.71. The van der Waals surface area contributed by atoms with Crippen molar-refractivity contribution in [3.63, 3.8) is 0 Å². The van der Waals surface area contributed by atoms with Crippen LogP contribution in [0.1, 0.15) is 48.6 Å². The molecular weight excluding hydrogens is 466 g/mol. The molecule has 0 N–H and O–H groups in total. The van der Waals surface area contributed by atoms with E-state index in [2.05, 4.69) is 74.1 Å². The minimum absolute atomic E-state index is 0.342. The van der Waals surface area contributed by atoms with E-state index in [-0.39, 0.29) is 0 Å². The number of aromatic nitrogens is 4. The molecule has 36 heavy (non-hydrogen) atoms. The summed E-state index contributed by atoms with van der Waals surface area (Å²) in [6.45, 7) is 4.85. The van der Waals surface area contributed by atoms with E-state index in [4.69, 9.17) is 9.84 Å². The molecule has 6 rings (SSSR count). The third-order valence-corrected chi connectivity index (χ3v) is 8.48. The van der Waals surface area contributed by atoms with Crippen LogP contribution < -0.4 is 0 Å². The van der Waals surface area contributed by atoms with E-state index < -0.39 is 0 Å². The standard InChI is InChI=1S/C29H33N5OS/c1-2-6-22(7-3-1)20-34-28(31-32-29(34)36-21-26-9-5-17-35-26)24-12-15-33(16-13-24)19-23-10-11-27-25(18-23)8-4-14-30-27/h1-4,6-8,10-11,14,18,24,26H,5,9,12-13,15-17,19-21H2. The summed E-state index contributed by atoms with van der Waals surface area (Å²) >= 11 is 1.80. The van der Waals surface area contributed by atoms with E-state index in [0.29, 0.717) is 12.0 Å². The second-order valence-electron chi connectivity index (χ2n) is 9.94. The second kappa shape index (κ2) is 11.1. The van der Waals surface area contributed by atoms with E-state index >= 15 is 0 Å². The fourth-order valence-corrected chi connectivity index (χ4v) is 6.41. The first kappa shape index (κ1) is 23.6. The molecule has 2 saturated heterocycles. The molecule has 0 aliphatic carbocycles. The van der Waals surface area contributed by atoms with Gasteiger partial charge < -0.3 is 9.30 Å². The lowest BCUT2D eigenvalue weighted by molar-refractivity contribution is 0.129. The maximum absolute atomic E-state index is 5.85. The Kier molecular flexibility index (Phi) is 7.30. The third-order valence-electron chi connectivity index (χ3n) is 7.38. The van der Waals surface area contributed by atoms with Gasteiger partial charge in [-0.15, -0.1) is 10.2 Å². The van der Waals surface area contributed by atoms with Gasteiger partial charge in [0.05, 0.1) is 18.2 Å². The van der Waals surface area contributed by atoms with E-state index in [0.717, 1.165) is 74.3 Å². The number of rotatable bonds is 8. The number of benzene rings is 2. The zero-order valence-corrected chi connectivity index (χ0v) is 21.4. The van der Waals surface area contributed by atoms with Crippen molar-refractivity contribution >= 4 is 22.7 Å². The molecule has 7 heteroatoms. The summed E-state index contributed by atoms with van der Waals surface area (Å²) in [5, 5.41) is 11.7. The molecule has 2 aliphatic rings. The van der Waals surface area contributed by atoms with Gasteiger partial charge in [-0.1, -0.05) is 54.2 Å². The molecule has 0 amide bonds. The molecule has 0 bridgehead atoms. The summed E-state index contributed by atoms with van der Waals surface area (Å²) in [6, 6.07) is 21.5. The average Bonchev–Trinajstić information content (AvgIpc) is 3.59. The van der Waals surface area contributed by atoms with Crippen LogP contribution in [-0.2, 0) is 17.8 Å². The van der Waals surface area contributed by atoms with Gasteiger partial charge in [-0.05, 0) is 68.1 Å². The molecule has 4 heterocycles. The minimum Gasteiger partial charge on any atom is -0.377 e. The van der Waals surface area contributed by atoms with Crippen LogP contribution in [0.15, 0.2) is 72.0 Å². The first-order valence-corrected chi connectivity index (χ1v) is 14.1. The van der Waals surface area contributed by atoms with E-state index in [1.165, 1.54) is 22.9 Å². The van der Waals surface area contributed by atoms with Gasteiger partial charge in [0.25, 0.3) is 0 Å². The SMILES string of the molecule is c1ccc(Cn2c(SCC3CCCO3)nnc2C2CCN(Cc3ccc4ncccc4c3)CC2)cc1. The largest absolute Gasteiger partial charge is 0.377 e. The molecule has 2 aromatic carbocycles. The topological polar surface area (TPSA) is 56.1 Å². The monoisotopic (exact) mass is 499 g/mol. The molecule has 1 atom stereocenters. The number of thioether (sulfide) groups is 1. The van der Waals surface area contributed by atoms with Crippen molar-refractivity contribution in [1.29, 1.82) is 0 Å². The summed E-state index contributed by atoms with van der Waals surface area (Å²) in [7, 11) is 0. The van der Waals surface area contributed by atoms with Crippen molar-refractivity contribution in [3.05, 3.63) is 83.8 Å². The molecule has 6 nitrogen and oxygen atoms in total. The zero-order valence-electron chi connectivity index (χ0n) is 20.6. The molecule has 2 aromatic heterocycles. The molecule has 0 radical (unpaired) electrons. The second-order valence-corrected chi connectivity index (χ2v) is 10.9. The number of fused-ring (bicyclic) bond motifs is 1. The van der Waals surface area contributed by atoms with Crippen molar-refractivity contribution in [2.45, 2.75) is 56.0 Å². The highest BCUT2D eigenvalue weighted by molar-refractivity contribution is 7.99. The molecule has 1 unspecified atom stereocenters. The Labute approximate surface area is 217 Å². The van der Waals surface area contributed by atoms with Gasteiger partial charge in [0.15, 0.2) is 5.16 Å². The molecular formula is C29H33N5OS. The first-order valence-electron chi connectivity index (χ1n) is 13.1. The van der Waals surface area contributed by atoms with Crippen LogP contribution in [0.3, 0.4) is 0 Å². The number of hydrogen-bond donors (Lipinski definition) is 0. The van der Waals surface area contributed by atoms with Crippen molar-refractivity contribution in [2.24, 2.45) is 0 Å². The Morgan fingerprint density at radius 2 is 1.78 bits per heavy atom. The number of hydrogen-bond acceptors (Lipinski definition) is 6. The van der Waals surface area contributed by atoms with E-state index in [1.54, 1.807) is 11.8 Å². The molecule has 0 saturated carbocycles. The van der Waals surface area contributed by atoms with Crippen molar-refractivity contribution in [1.82, 2.24) is 24.6 Å². The van der Waals surface area contributed by atoms with E-state index in [9.17, 15) is 0 Å². The van der Waals surface area contributed by atoms with Gasteiger partial charge in [0.1, 0.15) is 5.82 Å². The van der Waals surface area contributed by atoms with Gasteiger partial charge in [-0.2, -0.15) is 0 Å². The van der Waals surface area contributed by atoms with Gasteiger partial charge in [-0.25, -0.2) is 0 Å². The lowest BCUT2D eigenvalue weighted by Crippen LogP contribution is -2.33. The maximum atomic E-state index is 5.85. The van der Waals surface area contributed by atoms with Gasteiger partial charge in [0.2, 0.25) is 0 Å². The highest BCUT2D eigenvalue weighted by atomic mass is 32.2. The van der Waals surface area contributed by atoms with Crippen LogP contribution in [0, 0.1) is 0 Å². The lowest BCUT2D eigenvalue weighted by Gasteiger charge is -2.31. The first-order chi connectivity index (χ1) is 17.8. The number of pyridine rings is 1. The molecule has 2 aliphatic heterocycles. The van der Waals surface area contributed by atoms with Crippen molar-refractivity contribution < 1.29 is 4.74 Å². The highest BCUT2D eigenvalue weighted by Crippen LogP contribution is 2.32. The van der Waals surface area contributed by atoms with E-state index in [1.807, 2.05) is 12.3 Å². The lowest BCUT2D eigenvalue weighted by atomic mass is 9.95. The Balaban J connectivity index is 1.14. The molecule has 186 valence electrons. The fourth-order valence-electron chi connectivity index (χ4n) is 5.40. The van der Waals surface area contributed by atoms with Crippen LogP contribution in [-0.4, -0.2) is 56.2 Å². The summed E-state index contributed by atoms with van der Waals surface area (Å²) in [5.74, 6) is 2.53. The highest BCUT2D eigenvalue weighted by Gasteiger charge is 2.27. The van der Waals surface area contributed by atoms with Crippen LogP contribution in [0.2, 0.25) is 0 Å². The van der Waals surface area contributed by atoms with Crippen LogP contribution >= 0.6 is 11.8 Å². The summed E-state index contributed by atoms with van der Waals surface area (Å²) < 4.78 is 8.22. The summed E-state index contributed by atoms with van der Waals surface area (Å²) in [6.07, 6.45) is 6.74. The van der Waals surface area contributed by atoms with Crippen LogP contribution in [0.5, 0.6) is 0 Å². The van der Waals surface area contributed by atoms with Crippen molar-refractivity contribution in [2.75, 3.05) is 25.4 Å². The quantitative estimate of drug-likeness (QED) is 0.297. The molecule has 0 spiro atoms. The predicted molar refractivity (Wildman–Crippen MR) is 144 cm³/mol. The normalized spacial score (nSPS) is 19.3.